The molecule has 316 valence electrons. The van der Waals surface area contributed by atoms with Gasteiger partial charge in [0.15, 0.2) is 6.29 Å². The second-order valence-electron chi connectivity index (χ2n) is 17.2. The van der Waals surface area contributed by atoms with Crippen molar-refractivity contribution < 1.29 is 14.6 Å². The minimum absolute atomic E-state index is 0.238. The number of unbranched alkanes of at least 4 members (excludes halogenated alkanes) is 21. The van der Waals surface area contributed by atoms with Gasteiger partial charge in [-0.2, -0.15) is 0 Å². The van der Waals surface area contributed by atoms with Crippen LogP contribution in [0.1, 0.15) is 239 Å². The van der Waals surface area contributed by atoms with Gasteiger partial charge in [-0.3, -0.25) is 0 Å². The molecule has 0 radical (unpaired) electrons. The molecule has 5 heteroatoms. The Labute approximate surface area is 332 Å². The highest BCUT2D eigenvalue weighted by atomic mass is 16.6. The van der Waals surface area contributed by atoms with Crippen LogP contribution in [0.15, 0.2) is 12.3 Å². The lowest BCUT2D eigenvalue weighted by molar-refractivity contribution is -0.144. The summed E-state index contributed by atoms with van der Waals surface area (Å²) in [4.78, 5) is 2.70. The lowest BCUT2D eigenvalue weighted by Crippen LogP contribution is -2.27. The predicted molar refractivity (Wildman–Crippen MR) is 232 cm³/mol. The molecule has 0 saturated heterocycles. The largest absolute Gasteiger partial charge is 0.499 e. The van der Waals surface area contributed by atoms with Crippen molar-refractivity contribution in [2.45, 2.75) is 251 Å². The topological polar surface area (TPSA) is 68.0 Å². The van der Waals surface area contributed by atoms with Gasteiger partial charge in [0, 0.05) is 6.42 Å². The molecule has 5 nitrogen and oxygen atoms in total. The van der Waals surface area contributed by atoms with E-state index in [2.05, 4.69) is 32.3 Å². The van der Waals surface area contributed by atoms with Gasteiger partial charge in [-0.15, -0.1) is 0 Å². The molecule has 1 aliphatic carbocycles. The summed E-state index contributed by atoms with van der Waals surface area (Å²) in [6, 6.07) is 0. The molecule has 1 aliphatic rings. The van der Waals surface area contributed by atoms with Crippen molar-refractivity contribution in [1.82, 2.24) is 4.90 Å². The maximum Gasteiger partial charge on any atom is 0.154 e. The van der Waals surface area contributed by atoms with E-state index in [1.807, 2.05) is 0 Å². The van der Waals surface area contributed by atoms with Gasteiger partial charge in [0.2, 0.25) is 0 Å². The Bertz CT molecular complexity index is 747. The van der Waals surface area contributed by atoms with Gasteiger partial charge in [0.1, 0.15) is 0 Å². The normalized spacial score (nSPS) is 16.2. The number of hydrogen-bond donors (Lipinski definition) is 2. The molecule has 3 N–H and O–H groups in total. The molecule has 0 heterocycles. The number of nitrogens with two attached hydrogens (primary N) is 1. The van der Waals surface area contributed by atoms with Crippen molar-refractivity contribution in [3.8, 4) is 0 Å². The van der Waals surface area contributed by atoms with E-state index in [1.54, 1.807) is 0 Å². The van der Waals surface area contributed by atoms with Crippen LogP contribution >= 0.6 is 0 Å². The van der Waals surface area contributed by atoms with E-state index >= 15 is 0 Å². The number of ether oxygens (including phenoxy) is 2. The molecule has 3 unspecified atom stereocenters. The summed E-state index contributed by atoms with van der Waals surface area (Å²) in [6.07, 6.45) is 42.7. The Balaban J connectivity index is 2.13. The molecule has 0 spiro atoms. The maximum atomic E-state index is 10.8. The highest BCUT2D eigenvalue weighted by Crippen LogP contribution is 2.44. The Morgan fingerprint density at radius 3 is 1.60 bits per heavy atom. The van der Waals surface area contributed by atoms with Gasteiger partial charge in [-0.05, 0) is 109 Å². The van der Waals surface area contributed by atoms with Gasteiger partial charge < -0.3 is 25.2 Å². The van der Waals surface area contributed by atoms with Crippen LogP contribution < -0.4 is 5.73 Å². The first kappa shape index (κ1) is 50.4. The van der Waals surface area contributed by atoms with E-state index in [-0.39, 0.29) is 6.10 Å². The molecule has 0 amide bonds. The number of allylic oxidation sites excluding steroid dienone is 1. The molecule has 0 aromatic carbocycles. The van der Waals surface area contributed by atoms with E-state index in [1.165, 1.54) is 199 Å². The minimum Gasteiger partial charge on any atom is -0.499 e. The summed E-state index contributed by atoms with van der Waals surface area (Å²) in [5.41, 5.74) is 5.81. The fourth-order valence-corrected chi connectivity index (χ4v) is 8.16. The fraction of sp³-hybridized carbons (Fsp3) is 0.958. The lowest BCUT2D eigenvalue weighted by atomic mass is 10.0. The second kappa shape index (κ2) is 38.3. The highest BCUT2D eigenvalue weighted by molar-refractivity contribution is 4.87. The summed E-state index contributed by atoms with van der Waals surface area (Å²) in [5.74, 6) is 2.93. The van der Waals surface area contributed by atoms with Crippen LogP contribution in [0.2, 0.25) is 0 Å². The van der Waals surface area contributed by atoms with Crippen LogP contribution in [-0.4, -0.2) is 55.2 Å². The molecule has 1 rings (SSSR count). The maximum absolute atomic E-state index is 10.8. The van der Waals surface area contributed by atoms with Gasteiger partial charge in [0.25, 0.3) is 0 Å². The minimum atomic E-state index is -0.588. The zero-order valence-electron chi connectivity index (χ0n) is 36.4. The number of rotatable bonds is 44. The van der Waals surface area contributed by atoms with Crippen LogP contribution in [-0.2, 0) is 9.47 Å². The van der Waals surface area contributed by atoms with E-state index in [9.17, 15) is 5.11 Å². The monoisotopic (exact) mass is 749 g/mol. The quantitative estimate of drug-likeness (QED) is 0.0369. The summed E-state index contributed by atoms with van der Waals surface area (Å²) in [6.45, 7) is 16.4. The first-order valence-corrected chi connectivity index (χ1v) is 24.1. The second-order valence-corrected chi connectivity index (χ2v) is 17.2. The summed E-state index contributed by atoms with van der Waals surface area (Å²) < 4.78 is 12.2. The molecule has 0 bridgehead atoms. The summed E-state index contributed by atoms with van der Waals surface area (Å²) in [5, 5.41) is 10.8. The van der Waals surface area contributed by atoms with Gasteiger partial charge in [-0.25, -0.2) is 0 Å². The van der Waals surface area contributed by atoms with Crippen molar-refractivity contribution in [3.05, 3.63) is 12.3 Å². The zero-order chi connectivity index (χ0) is 38.5. The van der Waals surface area contributed by atoms with E-state index in [0.717, 1.165) is 69.3 Å². The SMILES string of the molecule is C=C(CCCCCCCN(CCCCN)CCCCCCCC(O)OC(CCCCCCCC)CCCCCCCC)OCCC1CC1CCCCC. The molecular weight excluding hydrogens is 653 g/mol. The van der Waals surface area contributed by atoms with Crippen LogP contribution in [0.5, 0.6) is 0 Å². The first-order valence-electron chi connectivity index (χ1n) is 24.1. The van der Waals surface area contributed by atoms with Gasteiger partial charge in [-0.1, -0.05) is 169 Å². The number of hydrogen-bond acceptors (Lipinski definition) is 5. The molecule has 53 heavy (non-hydrogen) atoms. The Morgan fingerprint density at radius 1 is 0.585 bits per heavy atom. The van der Waals surface area contributed by atoms with Crippen LogP contribution in [0, 0.1) is 11.8 Å². The van der Waals surface area contributed by atoms with Crippen molar-refractivity contribution >= 4 is 0 Å². The molecule has 0 aliphatic heterocycles. The Kier molecular flexibility index (Phi) is 36.4. The fourth-order valence-electron chi connectivity index (χ4n) is 8.16. The average molecular weight is 749 g/mol. The third kappa shape index (κ3) is 33.3. The van der Waals surface area contributed by atoms with E-state index < -0.39 is 6.29 Å². The number of aliphatic hydroxyl groups excluding tert-OH is 1. The number of aliphatic hydroxyl groups is 1. The lowest BCUT2D eigenvalue weighted by Gasteiger charge is -2.23. The van der Waals surface area contributed by atoms with Crippen molar-refractivity contribution in [2.75, 3.05) is 32.8 Å². The van der Waals surface area contributed by atoms with Gasteiger partial charge >= 0.3 is 0 Å². The molecule has 1 saturated carbocycles. The predicted octanol–water partition coefficient (Wildman–Crippen LogP) is 14.1. The van der Waals surface area contributed by atoms with Crippen molar-refractivity contribution in [3.63, 3.8) is 0 Å². The third-order valence-corrected chi connectivity index (χ3v) is 11.9. The highest BCUT2D eigenvalue weighted by Gasteiger charge is 2.35. The Hall–Kier alpha value is -0.620. The molecule has 3 atom stereocenters. The van der Waals surface area contributed by atoms with Crippen molar-refractivity contribution in [1.29, 1.82) is 0 Å². The van der Waals surface area contributed by atoms with Gasteiger partial charge in [0.05, 0.1) is 18.5 Å². The molecule has 0 aromatic heterocycles. The van der Waals surface area contributed by atoms with Crippen molar-refractivity contribution in [2.24, 2.45) is 17.6 Å². The van der Waals surface area contributed by atoms with Crippen LogP contribution in [0.4, 0.5) is 0 Å². The smallest absolute Gasteiger partial charge is 0.154 e. The summed E-state index contributed by atoms with van der Waals surface area (Å²) >= 11 is 0. The summed E-state index contributed by atoms with van der Waals surface area (Å²) in [7, 11) is 0. The Morgan fingerprint density at radius 2 is 1.04 bits per heavy atom. The zero-order valence-corrected chi connectivity index (χ0v) is 36.4. The molecule has 1 fully saturated rings. The third-order valence-electron chi connectivity index (χ3n) is 11.9. The first-order chi connectivity index (χ1) is 26.0. The van der Waals surface area contributed by atoms with Crippen LogP contribution in [0.3, 0.4) is 0 Å². The molecule has 0 aromatic rings. The number of nitrogens with zero attached hydrogens (tertiary/aromatic N) is 1. The van der Waals surface area contributed by atoms with E-state index in [4.69, 9.17) is 15.2 Å². The molecular formula is C48H96N2O3. The standard InChI is InChI=1S/C48H96N2O3/c1-5-8-11-13-18-25-34-47(35-26-19-14-12-9-6-2)53-48(51)36-27-20-16-22-30-40-50(41-31-28-38-49)39-29-21-15-17-24-32-44(4)52-42-37-46-43-45(46)33-23-10-7-3/h45-48,51H,4-43,49H2,1-3H3. The van der Waals surface area contributed by atoms with E-state index in [0.29, 0.717) is 0 Å². The average Bonchev–Trinajstić information content (AvgIpc) is 3.90. The van der Waals surface area contributed by atoms with Crippen LogP contribution in [0.25, 0.3) is 0 Å².